The zero-order valence-corrected chi connectivity index (χ0v) is 14.7. The van der Waals surface area contributed by atoms with Crippen molar-refractivity contribution >= 4 is 0 Å². The van der Waals surface area contributed by atoms with Gasteiger partial charge in [-0.15, -0.1) is 0 Å². The number of benzene rings is 1. The molecule has 2 aliphatic heterocycles. The number of piperidine rings is 1. The summed E-state index contributed by atoms with van der Waals surface area (Å²) in [5.41, 5.74) is 8.42. The van der Waals surface area contributed by atoms with Gasteiger partial charge >= 0.3 is 0 Å². The molecule has 0 aliphatic carbocycles. The Morgan fingerprint density at radius 2 is 1.61 bits per heavy atom. The second-order valence-electron chi connectivity index (χ2n) is 7.45. The van der Waals surface area contributed by atoms with Gasteiger partial charge in [-0.05, 0) is 88.8 Å². The van der Waals surface area contributed by atoms with Crippen LogP contribution < -0.4 is 5.73 Å². The Morgan fingerprint density at radius 1 is 1.00 bits per heavy atom. The molecule has 128 valence electrons. The number of nitrogens with two attached hydrogens (primary N) is 1. The highest BCUT2D eigenvalue weighted by Gasteiger charge is 2.28. The number of rotatable bonds is 6. The monoisotopic (exact) mass is 315 g/mol. The van der Waals surface area contributed by atoms with Crippen molar-refractivity contribution in [2.75, 3.05) is 32.7 Å². The predicted molar refractivity (Wildman–Crippen MR) is 97.5 cm³/mol. The summed E-state index contributed by atoms with van der Waals surface area (Å²) in [7, 11) is 0. The predicted octanol–water partition coefficient (Wildman–Crippen LogP) is 2.88. The standard InChI is InChI=1S/C20H33N3/c1-17(23-12-2-3-13-23)20-9-14-22(15-10-20)16-19-6-4-18(5-7-19)8-11-21/h4-7,17,20H,2-3,8-16,21H2,1H3/t17-/m1/s1. The quantitative estimate of drug-likeness (QED) is 0.876. The number of nitrogens with zero attached hydrogens (tertiary/aromatic N) is 2. The van der Waals surface area contributed by atoms with Crippen LogP contribution in [0.5, 0.6) is 0 Å². The lowest BCUT2D eigenvalue weighted by atomic mass is 9.89. The molecule has 23 heavy (non-hydrogen) atoms. The third-order valence-electron chi connectivity index (χ3n) is 5.89. The first-order valence-corrected chi connectivity index (χ1v) is 9.50. The van der Waals surface area contributed by atoms with Crippen LogP contribution in [0.4, 0.5) is 0 Å². The normalized spacial score (nSPS) is 22.5. The van der Waals surface area contributed by atoms with Crippen LogP contribution in [0.15, 0.2) is 24.3 Å². The first-order chi connectivity index (χ1) is 11.3. The summed E-state index contributed by atoms with van der Waals surface area (Å²) in [4.78, 5) is 5.35. The molecular weight excluding hydrogens is 282 g/mol. The first-order valence-electron chi connectivity index (χ1n) is 9.50. The average Bonchev–Trinajstić information content (AvgIpc) is 3.11. The zero-order chi connectivity index (χ0) is 16.1. The van der Waals surface area contributed by atoms with Crippen molar-refractivity contribution in [3.8, 4) is 0 Å². The molecule has 0 aromatic heterocycles. The summed E-state index contributed by atoms with van der Waals surface area (Å²) in [5, 5.41) is 0. The van der Waals surface area contributed by atoms with Gasteiger partial charge in [-0.2, -0.15) is 0 Å². The SMILES string of the molecule is C[C@H](C1CCN(Cc2ccc(CCN)cc2)CC1)N1CCCC1. The summed E-state index contributed by atoms with van der Waals surface area (Å²) in [6, 6.07) is 9.83. The van der Waals surface area contributed by atoms with E-state index >= 15 is 0 Å². The molecule has 3 heteroatoms. The Kier molecular flexibility index (Phi) is 6.09. The van der Waals surface area contributed by atoms with Crippen molar-refractivity contribution in [2.45, 2.75) is 51.6 Å². The van der Waals surface area contributed by atoms with Gasteiger partial charge in [0.1, 0.15) is 0 Å². The average molecular weight is 316 g/mol. The Hall–Kier alpha value is -0.900. The molecule has 0 saturated carbocycles. The third kappa shape index (κ3) is 4.56. The molecule has 2 heterocycles. The fourth-order valence-electron chi connectivity index (χ4n) is 4.28. The summed E-state index contributed by atoms with van der Waals surface area (Å²) in [5.74, 6) is 0.899. The molecule has 1 aromatic rings. The Morgan fingerprint density at radius 3 is 2.22 bits per heavy atom. The summed E-state index contributed by atoms with van der Waals surface area (Å²) in [6.45, 7) is 9.48. The number of hydrogen-bond donors (Lipinski definition) is 1. The molecule has 2 saturated heterocycles. The second-order valence-corrected chi connectivity index (χ2v) is 7.45. The molecule has 1 atom stereocenters. The van der Waals surface area contributed by atoms with Crippen LogP contribution in [0.25, 0.3) is 0 Å². The molecule has 0 spiro atoms. The molecule has 0 radical (unpaired) electrons. The van der Waals surface area contributed by atoms with Gasteiger partial charge in [0.15, 0.2) is 0 Å². The molecule has 2 aliphatic rings. The largest absolute Gasteiger partial charge is 0.330 e. The second kappa shape index (κ2) is 8.27. The summed E-state index contributed by atoms with van der Waals surface area (Å²) in [6.07, 6.45) is 6.53. The highest BCUT2D eigenvalue weighted by molar-refractivity contribution is 5.22. The zero-order valence-electron chi connectivity index (χ0n) is 14.7. The van der Waals surface area contributed by atoms with Gasteiger partial charge < -0.3 is 10.6 Å². The van der Waals surface area contributed by atoms with Gasteiger partial charge in [-0.1, -0.05) is 24.3 Å². The van der Waals surface area contributed by atoms with Crippen molar-refractivity contribution in [2.24, 2.45) is 11.7 Å². The van der Waals surface area contributed by atoms with E-state index in [-0.39, 0.29) is 0 Å². The Balaban J connectivity index is 1.45. The van der Waals surface area contributed by atoms with E-state index < -0.39 is 0 Å². The first kappa shape index (κ1) is 16.9. The number of hydrogen-bond acceptors (Lipinski definition) is 3. The van der Waals surface area contributed by atoms with Crippen molar-refractivity contribution < 1.29 is 0 Å². The van der Waals surface area contributed by atoms with Crippen molar-refractivity contribution in [1.29, 1.82) is 0 Å². The highest BCUT2D eigenvalue weighted by atomic mass is 15.2. The minimum Gasteiger partial charge on any atom is -0.330 e. The minimum absolute atomic E-state index is 0.738. The van der Waals surface area contributed by atoms with Crippen molar-refractivity contribution in [3.05, 3.63) is 35.4 Å². The van der Waals surface area contributed by atoms with E-state index in [0.717, 1.165) is 31.5 Å². The maximum Gasteiger partial charge on any atom is 0.0233 e. The van der Waals surface area contributed by atoms with Crippen LogP contribution in [0.2, 0.25) is 0 Å². The molecule has 0 amide bonds. The Labute approximate surface area is 141 Å². The van der Waals surface area contributed by atoms with Gasteiger partial charge in [-0.3, -0.25) is 4.90 Å². The molecule has 3 rings (SSSR count). The molecule has 2 fully saturated rings. The molecule has 2 N–H and O–H groups in total. The lowest BCUT2D eigenvalue weighted by Gasteiger charge is -2.38. The van der Waals surface area contributed by atoms with E-state index in [1.807, 2.05) is 0 Å². The van der Waals surface area contributed by atoms with Crippen molar-refractivity contribution in [3.63, 3.8) is 0 Å². The fraction of sp³-hybridized carbons (Fsp3) is 0.700. The van der Waals surface area contributed by atoms with Gasteiger partial charge in [-0.25, -0.2) is 0 Å². The molecule has 1 aromatic carbocycles. The molecule has 3 nitrogen and oxygen atoms in total. The molecule has 0 unspecified atom stereocenters. The van der Waals surface area contributed by atoms with Crippen LogP contribution in [0.1, 0.15) is 43.7 Å². The smallest absolute Gasteiger partial charge is 0.0233 e. The highest BCUT2D eigenvalue weighted by Crippen LogP contribution is 2.27. The van der Waals surface area contributed by atoms with E-state index in [1.165, 1.54) is 63.0 Å². The maximum absolute atomic E-state index is 5.62. The Bertz CT molecular complexity index is 456. The van der Waals surface area contributed by atoms with Crippen LogP contribution in [-0.4, -0.2) is 48.6 Å². The van der Waals surface area contributed by atoms with E-state index in [4.69, 9.17) is 5.73 Å². The van der Waals surface area contributed by atoms with Gasteiger partial charge in [0.2, 0.25) is 0 Å². The van der Waals surface area contributed by atoms with Crippen LogP contribution in [0, 0.1) is 5.92 Å². The fourth-order valence-corrected chi connectivity index (χ4v) is 4.28. The van der Waals surface area contributed by atoms with E-state index in [9.17, 15) is 0 Å². The van der Waals surface area contributed by atoms with Gasteiger partial charge in [0.25, 0.3) is 0 Å². The van der Waals surface area contributed by atoms with E-state index in [2.05, 4.69) is 41.0 Å². The van der Waals surface area contributed by atoms with Crippen molar-refractivity contribution in [1.82, 2.24) is 9.80 Å². The summed E-state index contributed by atoms with van der Waals surface area (Å²) >= 11 is 0. The topological polar surface area (TPSA) is 32.5 Å². The maximum atomic E-state index is 5.62. The lowest BCUT2D eigenvalue weighted by molar-refractivity contribution is 0.108. The van der Waals surface area contributed by atoms with Gasteiger partial charge in [0, 0.05) is 12.6 Å². The van der Waals surface area contributed by atoms with E-state index in [1.54, 1.807) is 0 Å². The number of likely N-dealkylation sites (tertiary alicyclic amines) is 2. The van der Waals surface area contributed by atoms with Crippen LogP contribution in [0.3, 0.4) is 0 Å². The lowest BCUT2D eigenvalue weighted by Crippen LogP contribution is -2.42. The van der Waals surface area contributed by atoms with Crippen LogP contribution in [-0.2, 0) is 13.0 Å². The third-order valence-corrected chi connectivity index (χ3v) is 5.89. The minimum atomic E-state index is 0.738. The van der Waals surface area contributed by atoms with Crippen LogP contribution >= 0.6 is 0 Å². The molecular formula is C20H33N3. The van der Waals surface area contributed by atoms with E-state index in [0.29, 0.717) is 0 Å². The molecule has 0 bridgehead atoms. The summed E-state index contributed by atoms with van der Waals surface area (Å²) < 4.78 is 0. The van der Waals surface area contributed by atoms with Gasteiger partial charge in [0.05, 0.1) is 0 Å².